The molecule has 1 N–H and O–H groups in total. The topological polar surface area (TPSA) is 29.5 Å². The van der Waals surface area contributed by atoms with E-state index >= 15 is 0 Å². The Balaban J connectivity index is 1.95. The van der Waals surface area contributed by atoms with Crippen LogP contribution < -0.4 is 0 Å². The van der Waals surface area contributed by atoms with Gasteiger partial charge < -0.3 is 9.84 Å². The number of hydrogen-bond donors (Lipinski definition) is 1. The lowest BCUT2D eigenvalue weighted by atomic mass is 9.84. The standard InChI is InChI=1S/C14H13F5O2/c15-9-8(10(16)12(18)13(19)11(9)17)5-14(20)3-6-1-2-7(4-14)21-6/h6-7,20H,1-5H2. The molecule has 2 aliphatic heterocycles. The van der Waals surface area contributed by atoms with E-state index in [0.717, 1.165) is 12.8 Å². The summed E-state index contributed by atoms with van der Waals surface area (Å²) in [5.41, 5.74) is -2.47. The molecule has 2 nitrogen and oxygen atoms in total. The summed E-state index contributed by atoms with van der Waals surface area (Å²) in [6.07, 6.45) is 0.639. The highest BCUT2D eigenvalue weighted by molar-refractivity contribution is 5.26. The van der Waals surface area contributed by atoms with Crippen molar-refractivity contribution in [3.05, 3.63) is 34.6 Å². The molecule has 2 fully saturated rings. The van der Waals surface area contributed by atoms with Gasteiger partial charge in [-0.1, -0.05) is 0 Å². The van der Waals surface area contributed by atoms with Gasteiger partial charge >= 0.3 is 0 Å². The highest BCUT2D eigenvalue weighted by Gasteiger charge is 2.45. The van der Waals surface area contributed by atoms with Crippen LogP contribution in [-0.2, 0) is 11.2 Å². The molecule has 0 saturated carbocycles. The first kappa shape index (κ1) is 14.7. The van der Waals surface area contributed by atoms with Gasteiger partial charge in [0.25, 0.3) is 0 Å². The molecule has 0 radical (unpaired) electrons. The summed E-state index contributed by atoms with van der Waals surface area (Å²) in [6.45, 7) is 0. The Kier molecular flexibility index (Phi) is 3.44. The van der Waals surface area contributed by atoms with Gasteiger partial charge in [0.15, 0.2) is 23.3 Å². The summed E-state index contributed by atoms with van der Waals surface area (Å²) in [4.78, 5) is 0. The van der Waals surface area contributed by atoms with Gasteiger partial charge in [0, 0.05) is 24.8 Å². The fraction of sp³-hybridized carbons (Fsp3) is 0.571. The zero-order valence-corrected chi connectivity index (χ0v) is 10.9. The molecule has 7 heteroatoms. The van der Waals surface area contributed by atoms with E-state index in [2.05, 4.69) is 0 Å². The van der Waals surface area contributed by atoms with Crippen molar-refractivity contribution in [1.82, 2.24) is 0 Å². The molecule has 2 unspecified atom stereocenters. The van der Waals surface area contributed by atoms with Crippen LogP contribution in [0.15, 0.2) is 0 Å². The van der Waals surface area contributed by atoms with Crippen LogP contribution in [0.2, 0.25) is 0 Å². The maximum atomic E-state index is 13.7. The largest absolute Gasteiger partial charge is 0.389 e. The highest BCUT2D eigenvalue weighted by Crippen LogP contribution is 2.41. The molecular formula is C14H13F5O2. The minimum absolute atomic E-state index is 0.128. The summed E-state index contributed by atoms with van der Waals surface area (Å²) in [7, 11) is 0. The second-order valence-corrected chi connectivity index (χ2v) is 5.82. The number of aliphatic hydroxyl groups is 1. The Morgan fingerprint density at radius 3 is 1.76 bits per heavy atom. The van der Waals surface area contributed by atoms with Crippen LogP contribution in [0.1, 0.15) is 31.2 Å². The van der Waals surface area contributed by atoms with Crippen molar-refractivity contribution >= 4 is 0 Å². The quantitative estimate of drug-likeness (QED) is 0.517. The number of rotatable bonds is 2. The van der Waals surface area contributed by atoms with Crippen molar-refractivity contribution in [1.29, 1.82) is 0 Å². The third-order valence-corrected chi connectivity index (χ3v) is 4.22. The molecule has 116 valence electrons. The van der Waals surface area contributed by atoms with E-state index in [1.54, 1.807) is 0 Å². The van der Waals surface area contributed by atoms with Crippen molar-refractivity contribution in [2.45, 2.75) is 49.9 Å². The van der Waals surface area contributed by atoms with Crippen molar-refractivity contribution in [3.63, 3.8) is 0 Å². The monoisotopic (exact) mass is 308 g/mol. The van der Waals surface area contributed by atoms with E-state index in [9.17, 15) is 27.1 Å². The summed E-state index contributed by atoms with van der Waals surface area (Å²) < 4.78 is 72.2. The fourth-order valence-corrected chi connectivity index (χ4v) is 3.29. The number of ether oxygens (including phenoxy) is 1. The Morgan fingerprint density at radius 2 is 1.29 bits per heavy atom. The van der Waals surface area contributed by atoms with Crippen LogP contribution in [0.25, 0.3) is 0 Å². The summed E-state index contributed by atoms with van der Waals surface area (Å²) >= 11 is 0. The van der Waals surface area contributed by atoms with Gasteiger partial charge in [-0.05, 0) is 12.8 Å². The summed E-state index contributed by atoms with van der Waals surface area (Å²) in [5, 5.41) is 10.5. The molecular weight excluding hydrogens is 295 g/mol. The van der Waals surface area contributed by atoms with Gasteiger partial charge in [0.2, 0.25) is 5.82 Å². The van der Waals surface area contributed by atoms with E-state index in [0.29, 0.717) is 0 Å². The Labute approximate surface area is 117 Å². The van der Waals surface area contributed by atoms with Crippen LogP contribution in [0.3, 0.4) is 0 Å². The zero-order chi connectivity index (χ0) is 15.4. The normalized spacial score (nSPS) is 31.7. The minimum Gasteiger partial charge on any atom is -0.389 e. The first-order chi connectivity index (χ1) is 9.81. The maximum Gasteiger partial charge on any atom is 0.200 e. The molecule has 1 aromatic carbocycles. The van der Waals surface area contributed by atoms with Gasteiger partial charge in [-0.2, -0.15) is 0 Å². The smallest absolute Gasteiger partial charge is 0.200 e. The average molecular weight is 308 g/mol. The lowest BCUT2D eigenvalue weighted by Crippen LogP contribution is -2.43. The molecule has 0 amide bonds. The number of benzene rings is 1. The Bertz CT molecular complexity index is 548. The number of fused-ring (bicyclic) bond motifs is 2. The van der Waals surface area contributed by atoms with Crippen LogP contribution in [0.5, 0.6) is 0 Å². The molecule has 2 heterocycles. The first-order valence-electron chi connectivity index (χ1n) is 6.69. The minimum atomic E-state index is -2.19. The number of halogens is 5. The molecule has 2 atom stereocenters. The summed E-state index contributed by atoms with van der Waals surface area (Å²) in [6, 6.07) is 0. The first-order valence-corrected chi connectivity index (χ1v) is 6.69. The molecule has 2 aliphatic rings. The molecule has 1 aromatic rings. The molecule has 0 aromatic heterocycles. The molecule has 0 aliphatic carbocycles. The van der Waals surface area contributed by atoms with Crippen molar-refractivity contribution in [2.24, 2.45) is 0 Å². The van der Waals surface area contributed by atoms with Gasteiger partial charge in [-0.3, -0.25) is 0 Å². The second-order valence-electron chi connectivity index (χ2n) is 5.82. The van der Waals surface area contributed by atoms with Crippen molar-refractivity contribution in [2.75, 3.05) is 0 Å². The van der Waals surface area contributed by atoms with E-state index in [-0.39, 0.29) is 25.0 Å². The van der Waals surface area contributed by atoms with Gasteiger partial charge in [0.1, 0.15) is 0 Å². The number of hydrogen-bond acceptors (Lipinski definition) is 2. The maximum absolute atomic E-state index is 13.7. The lowest BCUT2D eigenvalue weighted by Gasteiger charge is -2.36. The van der Waals surface area contributed by atoms with Gasteiger partial charge in [0.05, 0.1) is 17.8 Å². The highest BCUT2D eigenvalue weighted by atomic mass is 19.2. The average Bonchev–Trinajstić information content (AvgIpc) is 2.79. The fourth-order valence-electron chi connectivity index (χ4n) is 3.29. The van der Waals surface area contributed by atoms with Crippen LogP contribution in [-0.4, -0.2) is 22.9 Å². The molecule has 2 saturated heterocycles. The van der Waals surface area contributed by atoms with E-state index < -0.39 is 46.7 Å². The van der Waals surface area contributed by atoms with E-state index in [4.69, 9.17) is 4.74 Å². The molecule has 3 rings (SSSR count). The van der Waals surface area contributed by atoms with Crippen LogP contribution >= 0.6 is 0 Å². The predicted octanol–water partition coefficient (Wildman–Crippen LogP) is 3.00. The third kappa shape index (κ3) is 2.42. The van der Waals surface area contributed by atoms with Crippen molar-refractivity contribution in [3.8, 4) is 0 Å². The molecule has 21 heavy (non-hydrogen) atoms. The van der Waals surface area contributed by atoms with Gasteiger partial charge in [-0.15, -0.1) is 0 Å². The van der Waals surface area contributed by atoms with Crippen molar-refractivity contribution < 1.29 is 31.8 Å². The van der Waals surface area contributed by atoms with Crippen LogP contribution in [0, 0.1) is 29.1 Å². The Morgan fingerprint density at radius 1 is 0.857 bits per heavy atom. The summed E-state index contributed by atoms with van der Waals surface area (Å²) in [5.74, 6) is -9.91. The zero-order valence-electron chi connectivity index (χ0n) is 10.9. The third-order valence-electron chi connectivity index (χ3n) is 4.22. The molecule has 2 bridgehead atoms. The molecule has 0 spiro atoms. The lowest BCUT2D eigenvalue weighted by molar-refractivity contribution is -0.111. The van der Waals surface area contributed by atoms with E-state index in [1.165, 1.54) is 0 Å². The second kappa shape index (κ2) is 4.91. The SMILES string of the molecule is OC1(Cc2c(F)c(F)c(F)c(F)c2F)CC2CCC(C1)O2. The van der Waals surface area contributed by atoms with Gasteiger partial charge in [-0.25, -0.2) is 22.0 Å². The van der Waals surface area contributed by atoms with E-state index in [1.807, 2.05) is 0 Å². The predicted molar refractivity (Wildman–Crippen MR) is 62.0 cm³/mol. The van der Waals surface area contributed by atoms with Crippen LogP contribution in [0.4, 0.5) is 22.0 Å². The Hall–Kier alpha value is -1.21.